The van der Waals surface area contributed by atoms with Gasteiger partial charge < -0.3 is 14.6 Å². The fourth-order valence-electron chi connectivity index (χ4n) is 6.46. The molecule has 2 aromatic carbocycles. The largest absolute Gasteiger partial charge is 0.512 e. The van der Waals surface area contributed by atoms with Crippen LogP contribution in [-0.4, -0.2) is 16.4 Å². The highest BCUT2D eigenvalue weighted by Crippen LogP contribution is 2.45. The lowest BCUT2D eigenvalue weighted by atomic mass is 9.89. The number of aliphatic hydroxyl groups excluding tert-OH is 2. The van der Waals surface area contributed by atoms with Crippen LogP contribution in [0.5, 0.6) is 0 Å². The van der Waals surface area contributed by atoms with Crippen molar-refractivity contribution in [2.75, 3.05) is 0 Å². The van der Waals surface area contributed by atoms with Gasteiger partial charge in [0.25, 0.3) is 0 Å². The molecule has 3 aromatic rings. The molecule has 4 nitrogen and oxygen atoms in total. The highest BCUT2D eigenvalue weighted by atomic mass is 16.4. The molecule has 0 saturated heterocycles. The minimum absolute atomic E-state index is 0.0255. The zero-order valence-corrected chi connectivity index (χ0v) is 29.5. The average molecular weight is 652 g/mol. The molecule has 0 spiro atoms. The Morgan fingerprint density at radius 1 is 0.959 bits per heavy atom. The Bertz CT molecular complexity index is 2030. The molecule has 0 amide bonds. The number of aliphatic imine (C=N–C) groups is 1. The molecule has 2 unspecified atom stereocenters. The molecule has 252 valence electrons. The van der Waals surface area contributed by atoms with Crippen molar-refractivity contribution in [3.8, 4) is 11.1 Å². The highest BCUT2D eigenvalue weighted by molar-refractivity contribution is 5.80. The zero-order valence-electron chi connectivity index (χ0n) is 29.5. The molecule has 2 N–H and O–H groups in total. The molecule has 4 heteroatoms. The van der Waals surface area contributed by atoms with Gasteiger partial charge in [0.15, 0.2) is 11.5 Å². The molecule has 49 heavy (non-hydrogen) atoms. The third-order valence-corrected chi connectivity index (χ3v) is 9.30. The van der Waals surface area contributed by atoms with E-state index in [0.29, 0.717) is 21.8 Å². The van der Waals surface area contributed by atoms with Crippen molar-refractivity contribution in [3.63, 3.8) is 0 Å². The standard InChI is InChI=1S/C45H49NO3/c1-8-11-12-13-14-18-32(9-2)19-17-26-46-42(35-24-25-39-36(28-35)27-34-20-15-16-21-38(34)39)40(30(6)33-22-23-33)45-41(31(7)47)37(10-3)44(49-45)43(48)29(4)5/h8,10-21,24-26,28,32-33,42,47-48H,3,6,9,22-23,27H2,1-2,4-5,7H3/b11-8-,13-12-,18-14+,19-17-,41-31+,45-40-,46-26?. The van der Waals surface area contributed by atoms with Gasteiger partial charge in [-0.3, -0.25) is 4.99 Å². The predicted molar refractivity (Wildman–Crippen MR) is 208 cm³/mol. The summed E-state index contributed by atoms with van der Waals surface area (Å²) in [5.41, 5.74) is 9.56. The molecule has 1 saturated carbocycles. The lowest BCUT2D eigenvalue weighted by Gasteiger charge is -2.20. The van der Waals surface area contributed by atoms with Crippen LogP contribution in [0.1, 0.15) is 87.9 Å². The van der Waals surface area contributed by atoms with Crippen molar-refractivity contribution in [1.82, 2.24) is 0 Å². The normalized spacial score (nSPS) is 16.8. The van der Waals surface area contributed by atoms with Gasteiger partial charge in [0.05, 0.1) is 5.22 Å². The number of hydrogen-bond donors (Lipinski definition) is 2. The number of hydrogen-bond acceptors (Lipinski definition) is 4. The van der Waals surface area contributed by atoms with Crippen molar-refractivity contribution in [2.24, 2.45) is 16.8 Å². The predicted octanol–water partition coefficient (Wildman–Crippen LogP) is 10.7. The van der Waals surface area contributed by atoms with Crippen LogP contribution < -0.4 is 10.6 Å². The second-order valence-corrected chi connectivity index (χ2v) is 13.1. The van der Waals surface area contributed by atoms with Crippen LogP contribution in [-0.2, 0) is 6.42 Å². The van der Waals surface area contributed by atoms with Crippen LogP contribution in [0, 0.1) is 11.8 Å². The SMILES string of the molecule is C=Cc1c(C(O)=C(C)C)oc(=C(/C(=C)C2CC2)C(N=C/C=C\C(/C=C/C=C\C=C/C)CC)c2ccc3c(c2)Cc2ccccc2-3)/c1=C(\C)O. The maximum Gasteiger partial charge on any atom is 0.177 e. The average Bonchev–Trinajstić information content (AvgIpc) is 3.78. The monoisotopic (exact) mass is 651 g/mol. The number of fused-ring (bicyclic) bond motifs is 3. The summed E-state index contributed by atoms with van der Waals surface area (Å²) in [5, 5.41) is 22.8. The fourth-order valence-corrected chi connectivity index (χ4v) is 6.46. The number of rotatable bonds is 13. The van der Waals surface area contributed by atoms with Crippen LogP contribution in [0.2, 0.25) is 0 Å². The van der Waals surface area contributed by atoms with E-state index in [9.17, 15) is 10.2 Å². The van der Waals surface area contributed by atoms with E-state index in [0.717, 1.165) is 42.4 Å². The van der Waals surface area contributed by atoms with Gasteiger partial charge in [-0.15, -0.1) is 0 Å². The fraction of sp³-hybridized carbons (Fsp3) is 0.267. The quantitative estimate of drug-likeness (QED) is 0.0859. The van der Waals surface area contributed by atoms with Crippen LogP contribution in [0.4, 0.5) is 0 Å². The molecule has 1 fully saturated rings. The number of nitrogens with zero attached hydrogens (tertiary/aromatic N) is 1. The minimum Gasteiger partial charge on any atom is -0.512 e. The Hall–Kier alpha value is -5.09. The zero-order chi connectivity index (χ0) is 35.1. The Labute approximate surface area is 291 Å². The molecule has 2 aliphatic carbocycles. The van der Waals surface area contributed by atoms with E-state index in [4.69, 9.17) is 9.41 Å². The van der Waals surface area contributed by atoms with Crippen molar-refractivity contribution >= 4 is 29.4 Å². The van der Waals surface area contributed by atoms with Gasteiger partial charge in [-0.1, -0.05) is 111 Å². The second-order valence-electron chi connectivity index (χ2n) is 13.1. The first-order valence-corrected chi connectivity index (χ1v) is 17.3. The van der Waals surface area contributed by atoms with Crippen LogP contribution in [0.15, 0.2) is 125 Å². The summed E-state index contributed by atoms with van der Waals surface area (Å²) in [5.74, 6) is 0.934. The molecule has 1 aromatic heterocycles. The van der Waals surface area contributed by atoms with E-state index in [1.165, 1.54) is 22.3 Å². The van der Waals surface area contributed by atoms with Crippen LogP contribution in [0.3, 0.4) is 0 Å². The van der Waals surface area contributed by atoms with E-state index in [1.54, 1.807) is 13.0 Å². The van der Waals surface area contributed by atoms with Gasteiger partial charge in [-0.2, -0.15) is 0 Å². The highest BCUT2D eigenvalue weighted by Gasteiger charge is 2.33. The molecule has 0 aliphatic heterocycles. The third-order valence-electron chi connectivity index (χ3n) is 9.30. The lowest BCUT2D eigenvalue weighted by molar-refractivity contribution is 0.439. The van der Waals surface area contributed by atoms with Gasteiger partial charge in [0.1, 0.15) is 17.2 Å². The van der Waals surface area contributed by atoms with Gasteiger partial charge in [-0.25, -0.2) is 0 Å². The van der Waals surface area contributed by atoms with Crippen LogP contribution >= 0.6 is 0 Å². The molecule has 5 rings (SSSR count). The summed E-state index contributed by atoms with van der Waals surface area (Å²) in [6, 6.07) is 14.7. The smallest absolute Gasteiger partial charge is 0.177 e. The van der Waals surface area contributed by atoms with E-state index in [2.05, 4.69) is 80.8 Å². The topological polar surface area (TPSA) is 66.0 Å². The van der Waals surface area contributed by atoms with E-state index in [-0.39, 0.29) is 29.1 Å². The number of allylic oxidation sites excluding steroid dienone is 9. The Balaban J connectivity index is 1.72. The summed E-state index contributed by atoms with van der Waals surface area (Å²) < 4.78 is 6.59. The minimum atomic E-state index is -0.477. The summed E-state index contributed by atoms with van der Waals surface area (Å²) in [4.78, 5) is 5.24. The summed E-state index contributed by atoms with van der Waals surface area (Å²) in [6.07, 6.45) is 23.9. The molecular formula is C45H49NO3. The third kappa shape index (κ3) is 7.81. The van der Waals surface area contributed by atoms with Gasteiger partial charge >= 0.3 is 0 Å². The molecule has 0 bridgehead atoms. The second kappa shape index (κ2) is 15.9. The summed E-state index contributed by atoms with van der Waals surface area (Å²) >= 11 is 0. The first-order valence-electron chi connectivity index (χ1n) is 17.3. The van der Waals surface area contributed by atoms with Crippen molar-refractivity contribution in [3.05, 3.63) is 154 Å². The van der Waals surface area contributed by atoms with Crippen molar-refractivity contribution in [1.29, 1.82) is 0 Å². The Kier molecular flexibility index (Phi) is 11.4. The number of benzene rings is 2. The van der Waals surface area contributed by atoms with Gasteiger partial charge in [0.2, 0.25) is 0 Å². The van der Waals surface area contributed by atoms with Gasteiger partial charge in [-0.05, 0) is 110 Å². The molecule has 2 aliphatic rings. The van der Waals surface area contributed by atoms with E-state index < -0.39 is 6.04 Å². The maximum absolute atomic E-state index is 11.1. The van der Waals surface area contributed by atoms with Gasteiger partial charge in [0, 0.05) is 17.4 Å². The molecule has 2 atom stereocenters. The van der Waals surface area contributed by atoms with E-state index >= 15 is 0 Å². The summed E-state index contributed by atoms with van der Waals surface area (Å²) in [7, 11) is 0. The molecule has 0 radical (unpaired) electrons. The molecular weight excluding hydrogens is 602 g/mol. The number of aliphatic hydroxyl groups is 2. The summed E-state index contributed by atoms with van der Waals surface area (Å²) in [6.45, 7) is 18.1. The Morgan fingerprint density at radius 2 is 1.67 bits per heavy atom. The first kappa shape index (κ1) is 35.2. The van der Waals surface area contributed by atoms with Crippen molar-refractivity contribution in [2.45, 2.75) is 66.3 Å². The van der Waals surface area contributed by atoms with Crippen molar-refractivity contribution < 1.29 is 14.6 Å². The Morgan fingerprint density at radius 3 is 2.35 bits per heavy atom. The van der Waals surface area contributed by atoms with E-state index in [1.807, 2.05) is 57.4 Å². The lowest BCUT2D eigenvalue weighted by Crippen LogP contribution is -2.29. The number of furan rings is 1. The maximum atomic E-state index is 11.1. The first-order chi connectivity index (χ1) is 23.7. The molecule has 1 heterocycles. The van der Waals surface area contributed by atoms with Crippen LogP contribution in [0.25, 0.3) is 34.3 Å².